The number of carbonyl (C=O) groups excluding carboxylic acids is 2. The van der Waals surface area contributed by atoms with E-state index in [9.17, 15) is 9.59 Å². The zero-order valence-electron chi connectivity index (χ0n) is 17.6. The Morgan fingerprint density at radius 1 is 1.00 bits per heavy atom. The molecule has 0 aliphatic heterocycles. The molecule has 0 saturated heterocycles. The highest BCUT2D eigenvalue weighted by molar-refractivity contribution is 6.30. The van der Waals surface area contributed by atoms with Crippen LogP contribution in [-0.4, -0.2) is 35.3 Å². The predicted octanol–water partition coefficient (Wildman–Crippen LogP) is 4.79. The van der Waals surface area contributed by atoms with E-state index in [1.165, 1.54) is 6.42 Å². The number of halogens is 1. The van der Waals surface area contributed by atoms with Gasteiger partial charge in [-0.05, 0) is 49.4 Å². The molecule has 1 atom stereocenters. The lowest BCUT2D eigenvalue weighted by Crippen LogP contribution is -2.51. The van der Waals surface area contributed by atoms with Crippen molar-refractivity contribution in [3.8, 4) is 0 Å². The molecule has 1 saturated carbocycles. The van der Waals surface area contributed by atoms with Gasteiger partial charge in [0.15, 0.2) is 0 Å². The molecule has 0 heterocycles. The van der Waals surface area contributed by atoms with Gasteiger partial charge in [-0.15, -0.1) is 0 Å². The van der Waals surface area contributed by atoms with Gasteiger partial charge in [0.2, 0.25) is 11.8 Å². The van der Waals surface area contributed by atoms with Gasteiger partial charge in [0.05, 0.1) is 6.42 Å². The number of nitrogens with zero attached hydrogens (tertiary/aromatic N) is 1. The molecule has 2 aromatic rings. The van der Waals surface area contributed by atoms with Crippen LogP contribution in [0.15, 0.2) is 54.6 Å². The van der Waals surface area contributed by atoms with Crippen molar-refractivity contribution in [2.24, 2.45) is 0 Å². The van der Waals surface area contributed by atoms with Gasteiger partial charge in [-0.1, -0.05) is 73.3 Å². The van der Waals surface area contributed by atoms with E-state index in [0.29, 0.717) is 18.0 Å². The van der Waals surface area contributed by atoms with E-state index in [2.05, 4.69) is 17.4 Å². The lowest BCUT2D eigenvalue weighted by atomic mass is 9.95. The first-order valence-corrected chi connectivity index (χ1v) is 11.3. The highest BCUT2D eigenvalue weighted by Gasteiger charge is 2.27. The Hall–Kier alpha value is -2.33. The molecular formula is C25H31ClN2O2. The van der Waals surface area contributed by atoms with Crippen LogP contribution < -0.4 is 5.32 Å². The van der Waals surface area contributed by atoms with Crippen LogP contribution >= 0.6 is 11.6 Å². The molecule has 0 bridgehead atoms. The van der Waals surface area contributed by atoms with Crippen molar-refractivity contribution in [3.63, 3.8) is 0 Å². The molecule has 3 rings (SSSR count). The number of hydrogen-bond acceptors (Lipinski definition) is 2. The topological polar surface area (TPSA) is 49.4 Å². The first-order valence-electron chi connectivity index (χ1n) is 10.9. The normalized spacial score (nSPS) is 15.4. The molecule has 1 unspecified atom stereocenters. The summed E-state index contributed by atoms with van der Waals surface area (Å²) < 4.78 is 0. The van der Waals surface area contributed by atoms with Crippen LogP contribution in [0.25, 0.3) is 0 Å². The SMILES string of the molecule is CC(C(=O)NC1CCCCC1)N(CCc1ccccc1)C(=O)Cc1ccc(Cl)cc1. The van der Waals surface area contributed by atoms with Crippen molar-refractivity contribution in [1.82, 2.24) is 10.2 Å². The summed E-state index contributed by atoms with van der Waals surface area (Å²) in [5, 5.41) is 3.82. The number of carbonyl (C=O) groups is 2. The fraction of sp³-hybridized carbons (Fsp3) is 0.440. The highest BCUT2D eigenvalue weighted by atomic mass is 35.5. The zero-order chi connectivity index (χ0) is 21.3. The third kappa shape index (κ3) is 6.60. The molecule has 0 spiro atoms. The Kier molecular flexibility index (Phi) is 8.32. The largest absolute Gasteiger partial charge is 0.352 e. The summed E-state index contributed by atoms with van der Waals surface area (Å²) in [4.78, 5) is 27.8. The quantitative estimate of drug-likeness (QED) is 0.659. The smallest absolute Gasteiger partial charge is 0.242 e. The summed E-state index contributed by atoms with van der Waals surface area (Å²) in [6.07, 6.45) is 6.59. The molecule has 4 nitrogen and oxygen atoms in total. The van der Waals surface area contributed by atoms with Gasteiger partial charge >= 0.3 is 0 Å². The van der Waals surface area contributed by atoms with E-state index in [4.69, 9.17) is 11.6 Å². The second kappa shape index (κ2) is 11.2. The Morgan fingerprint density at radius 3 is 2.33 bits per heavy atom. The Bertz CT molecular complexity index is 817. The van der Waals surface area contributed by atoms with Crippen molar-refractivity contribution in [3.05, 3.63) is 70.7 Å². The average molecular weight is 427 g/mol. The van der Waals surface area contributed by atoms with E-state index in [1.54, 1.807) is 17.0 Å². The Balaban J connectivity index is 1.68. The van der Waals surface area contributed by atoms with Crippen LogP contribution in [-0.2, 0) is 22.4 Å². The average Bonchev–Trinajstić information content (AvgIpc) is 2.77. The van der Waals surface area contributed by atoms with Gasteiger partial charge in [-0.2, -0.15) is 0 Å². The summed E-state index contributed by atoms with van der Waals surface area (Å²) >= 11 is 5.96. The van der Waals surface area contributed by atoms with Crippen molar-refractivity contribution < 1.29 is 9.59 Å². The summed E-state index contributed by atoms with van der Waals surface area (Å²) in [7, 11) is 0. The standard InChI is InChI=1S/C25H31ClN2O2/c1-19(25(30)27-23-10-6-3-7-11-23)28(17-16-20-8-4-2-5-9-20)24(29)18-21-12-14-22(26)15-13-21/h2,4-5,8-9,12-15,19,23H,3,6-7,10-11,16-18H2,1H3,(H,27,30). The maximum atomic E-state index is 13.2. The number of rotatable bonds is 8. The minimum Gasteiger partial charge on any atom is -0.352 e. The summed E-state index contributed by atoms with van der Waals surface area (Å²) in [6, 6.07) is 17.1. The van der Waals surface area contributed by atoms with Crippen LogP contribution in [0.2, 0.25) is 5.02 Å². The first kappa shape index (κ1) is 22.4. The van der Waals surface area contributed by atoms with Crippen molar-refractivity contribution >= 4 is 23.4 Å². The van der Waals surface area contributed by atoms with Crippen molar-refractivity contribution in [1.29, 1.82) is 0 Å². The van der Waals surface area contributed by atoms with Crippen LogP contribution in [0.1, 0.15) is 50.2 Å². The van der Waals surface area contributed by atoms with Crippen LogP contribution in [0.4, 0.5) is 0 Å². The van der Waals surface area contributed by atoms with Crippen LogP contribution in [0, 0.1) is 0 Å². The molecule has 0 radical (unpaired) electrons. The van der Waals surface area contributed by atoms with Gasteiger partial charge in [-0.3, -0.25) is 9.59 Å². The lowest BCUT2D eigenvalue weighted by molar-refractivity contribution is -0.139. The van der Waals surface area contributed by atoms with Gasteiger partial charge in [-0.25, -0.2) is 0 Å². The molecule has 1 aliphatic carbocycles. The van der Waals surface area contributed by atoms with E-state index >= 15 is 0 Å². The molecule has 160 valence electrons. The maximum absolute atomic E-state index is 13.2. The number of nitrogens with one attached hydrogen (secondary N) is 1. The van der Waals surface area contributed by atoms with Gasteiger partial charge in [0, 0.05) is 17.6 Å². The zero-order valence-corrected chi connectivity index (χ0v) is 18.4. The molecule has 1 aliphatic rings. The monoisotopic (exact) mass is 426 g/mol. The molecule has 30 heavy (non-hydrogen) atoms. The fourth-order valence-corrected chi connectivity index (χ4v) is 4.14. The minimum absolute atomic E-state index is 0.0421. The van der Waals surface area contributed by atoms with Crippen molar-refractivity contribution in [2.45, 2.75) is 64.0 Å². The molecule has 5 heteroatoms. The lowest BCUT2D eigenvalue weighted by Gasteiger charge is -2.31. The third-order valence-electron chi connectivity index (χ3n) is 5.87. The maximum Gasteiger partial charge on any atom is 0.242 e. The fourth-order valence-electron chi connectivity index (χ4n) is 4.02. The summed E-state index contributed by atoms with van der Waals surface area (Å²) in [5.74, 6) is -0.0982. The third-order valence-corrected chi connectivity index (χ3v) is 6.12. The first-order chi connectivity index (χ1) is 14.5. The number of hydrogen-bond donors (Lipinski definition) is 1. The van der Waals surface area contributed by atoms with Gasteiger partial charge < -0.3 is 10.2 Å². The number of benzene rings is 2. The van der Waals surface area contributed by atoms with Crippen LogP contribution in [0.5, 0.6) is 0 Å². The second-order valence-corrected chi connectivity index (χ2v) is 8.58. The highest BCUT2D eigenvalue weighted by Crippen LogP contribution is 2.18. The molecular weight excluding hydrogens is 396 g/mol. The van der Waals surface area contributed by atoms with E-state index in [0.717, 1.165) is 36.8 Å². The molecule has 2 amide bonds. The minimum atomic E-state index is -0.504. The second-order valence-electron chi connectivity index (χ2n) is 8.15. The van der Waals surface area contributed by atoms with E-state index in [-0.39, 0.29) is 24.3 Å². The molecule has 2 aromatic carbocycles. The number of amides is 2. The summed E-state index contributed by atoms with van der Waals surface area (Å²) in [5.41, 5.74) is 2.05. The van der Waals surface area contributed by atoms with Crippen molar-refractivity contribution in [2.75, 3.05) is 6.54 Å². The van der Waals surface area contributed by atoms with E-state index < -0.39 is 6.04 Å². The molecule has 1 fully saturated rings. The Morgan fingerprint density at radius 2 is 1.67 bits per heavy atom. The van der Waals surface area contributed by atoms with Crippen LogP contribution in [0.3, 0.4) is 0 Å². The Labute approximate surface area is 184 Å². The van der Waals surface area contributed by atoms with E-state index in [1.807, 2.05) is 37.3 Å². The van der Waals surface area contributed by atoms with Gasteiger partial charge in [0.1, 0.15) is 6.04 Å². The molecule has 1 N–H and O–H groups in total. The summed E-state index contributed by atoms with van der Waals surface area (Å²) in [6.45, 7) is 2.35. The molecule has 0 aromatic heterocycles. The van der Waals surface area contributed by atoms with Gasteiger partial charge in [0.25, 0.3) is 0 Å². The predicted molar refractivity (Wildman–Crippen MR) is 121 cm³/mol.